The number of hydrogen-bond donors (Lipinski definition) is 1. The molecule has 0 radical (unpaired) electrons. The van der Waals surface area contributed by atoms with E-state index in [-0.39, 0.29) is 24.2 Å². The van der Waals surface area contributed by atoms with Gasteiger partial charge in [-0.15, -0.1) is 0 Å². The van der Waals surface area contributed by atoms with Crippen LogP contribution in [0, 0.1) is 6.92 Å². The average Bonchev–Trinajstić information content (AvgIpc) is 2.85. The van der Waals surface area contributed by atoms with Crippen LogP contribution in [0.5, 0.6) is 0 Å². The minimum Gasteiger partial charge on any atom is -0.373 e. The van der Waals surface area contributed by atoms with Crippen LogP contribution in [0.15, 0.2) is 12.3 Å². The van der Waals surface area contributed by atoms with Crippen LogP contribution in [0.2, 0.25) is 0 Å². The van der Waals surface area contributed by atoms with E-state index in [2.05, 4.69) is 41.1 Å². The molecule has 2 aromatic heterocycles. The van der Waals surface area contributed by atoms with Gasteiger partial charge in [0.1, 0.15) is 0 Å². The van der Waals surface area contributed by atoms with Gasteiger partial charge in [0.2, 0.25) is 0 Å². The van der Waals surface area contributed by atoms with Crippen LogP contribution in [0.3, 0.4) is 0 Å². The number of aromatic nitrogens is 3. The minimum absolute atomic E-state index is 0.0983. The SMILES string of the molecule is Cc1nn(C)c2ncc(C(=O)NC[C@H](C)N3C[C@@H](C)O[C@@H](C)C3)cc12. The van der Waals surface area contributed by atoms with Crippen molar-refractivity contribution in [3.05, 3.63) is 23.5 Å². The van der Waals surface area contributed by atoms with Gasteiger partial charge in [0, 0.05) is 44.3 Å². The Bertz CT molecular complexity index is 762. The van der Waals surface area contributed by atoms with Crippen LogP contribution < -0.4 is 5.32 Å². The molecule has 3 atom stereocenters. The van der Waals surface area contributed by atoms with Gasteiger partial charge in [-0.05, 0) is 33.8 Å². The summed E-state index contributed by atoms with van der Waals surface area (Å²) >= 11 is 0. The molecule has 7 nitrogen and oxygen atoms in total. The van der Waals surface area contributed by atoms with Gasteiger partial charge in [-0.3, -0.25) is 14.4 Å². The number of nitrogens with one attached hydrogen (secondary N) is 1. The Labute approximate surface area is 148 Å². The number of amides is 1. The van der Waals surface area contributed by atoms with Gasteiger partial charge < -0.3 is 10.1 Å². The number of pyridine rings is 1. The van der Waals surface area contributed by atoms with Crippen LogP contribution in [0.25, 0.3) is 11.0 Å². The maximum Gasteiger partial charge on any atom is 0.252 e. The number of ether oxygens (including phenoxy) is 1. The van der Waals surface area contributed by atoms with Crippen molar-refractivity contribution in [1.29, 1.82) is 0 Å². The van der Waals surface area contributed by atoms with E-state index in [0.717, 1.165) is 29.8 Å². The van der Waals surface area contributed by atoms with Crippen LogP contribution >= 0.6 is 0 Å². The molecule has 7 heteroatoms. The number of morpholine rings is 1. The van der Waals surface area contributed by atoms with Gasteiger partial charge in [-0.2, -0.15) is 5.10 Å². The molecule has 0 saturated carbocycles. The first-order chi connectivity index (χ1) is 11.8. The number of carbonyl (C=O) groups excluding carboxylic acids is 1. The molecule has 0 aliphatic carbocycles. The van der Waals surface area contributed by atoms with Crippen molar-refractivity contribution < 1.29 is 9.53 Å². The highest BCUT2D eigenvalue weighted by atomic mass is 16.5. The Morgan fingerprint density at radius 2 is 2.08 bits per heavy atom. The third-order valence-electron chi connectivity index (χ3n) is 4.75. The van der Waals surface area contributed by atoms with Gasteiger partial charge >= 0.3 is 0 Å². The van der Waals surface area contributed by atoms with Crippen molar-refractivity contribution in [2.45, 2.75) is 45.9 Å². The molecular weight excluding hydrogens is 318 g/mol. The fourth-order valence-corrected chi connectivity index (χ4v) is 3.48. The molecule has 3 rings (SSSR count). The molecule has 0 aromatic carbocycles. The first-order valence-corrected chi connectivity index (χ1v) is 8.82. The van der Waals surface area contributed by atoms with Gasteiger partial charge in [0.25, 0.3) is 5.91 Å². The second kappa shape index (κ2) is 7.09. The summed E-state index contributed by atoms with van der Waals surface area (Å²) < 4.78 is 7.50. The highest BCUT2D eigenvalue weighted by Crippen LogP contribution is 2.17. The Hall–Kier alpha value is -1.99. The number of rotatable bonds is 4. The Kier molecular flexibility index (Phi) is 5.06. The van der Waals surface area contributed by atoms with E-state index in [9.17, 15) is 4.79 Å². The van der Waals surface area contributed by atoms with E-state index in [1.807, 2.05) is 20.0 Å². The molecule has 0 spiro atoms. The maximum absolute atomic E-state index is 12.5. The number of nitrogens with zero attached hydrogens (tertiary/aromatic N) is 4. The molecule has 2 aromatic rings. The van der Waals surface area contributed by atoms with E-state index in [0.29, 0.717) is 12.1 Å². The van der Waals surface area contributed by atoms with E-state index in [4.69, 9.17) is 4.74 Å². The second-order valence-electron chi connectivity index (χ2n) is 7.07. The van der Waals surface area contributed by atoms with E-state index < -0.39 is 0 Å². The fraction of sp³-hybridized carbons (Fsp3) is 0.611. The van der Waals surface area contributed by atoms with Gasteiger partial charge in [0.05, 0.1) is 23.5 Å². The van der Waals surface area contributed by atoms with Crippen molar-refractivity contribution in [3.63, 3.8) is 0 Å². The van der Waals surface area contributed by atoms with Gasteiger partial charge in [-0.25, -0.2) is 4.98 Å². The normalized spacial score (nSPS) is 22.9. The zero-order valence-electron chi connectivity index (χ0n) is 15.6. The monoisotopic (exact) mass is 345 g/mol. The highest BCUT2D eigenvalue weighted by Gasteiger charge is 2.26. The lowest BCUT2D eigenvalue weighted by Gasteiger charge is -2.39. The smallest absolute Gasteiger partial charge is 0.252 e. The summed E-state index contributed by atoms with van der Waals surface area (Å²) in [5.41, 5.74) is 2.24. The standard InChI is InChI=1S/C18H27N5O2/c1-11(23-9-12(2)25-13(3)10-23)7-20-18(24)15-6-16-14(4)21-22(5)17(16)19-8-15/h6,8,11-13H,7,9-10H2,1-5H3,(H,20,24)/t11-,12-,13+/m0/s1. The first kappa shape index (κ1) is 17.8. The summed E-state index contributed by atoms with van der Waals surface area (Å²) in [5, 5.41) is 8.29. The fourth-order valence-electron chi connectivity index (χ4n) is 3.48. The van der Waals surface area contributed by atoms with Crippen LogP contribution in [-0.4, -0.2) is 63.5 Å². The summed E-state index contributed by atoms with van der Waals surface area (Å²) in [6.45, 7) is 10.6. The Morgan fingerprint density at radius 3 is 2.76 bits per heavy atom. The Balaban J connectivity index is 1.63. The lowest BCUT2D eigenvalue weighted by atomic mass is 10.1. The molecule has 1 amide bonds. The molecule has 1 saturated heterocycles. The van der Waals surface area contributed by atoms with Gasteiger partial charge in [0.15, 0.2) is 5.65 Å². The third kappa shape index (κ3) is 3.82. The summed E-state index contributed by atoms with van der Waals surface area (Å²) in [6.07, 6.45) is 2.06. The second-order valence-corrected chi connectivity index (χ2v) is 7.07. The first-order valence-electron chi connectivity index (χ1n) is 8.82. The van der Waals surface area contributed by atoms with Crippen molar-refractivity contribution >= 4 is 16.9 Å². The molecule has 3 heterocycles. The quantitative estimate of drug-likeness (QED) is 0.909. The third-order valence-corrected chi connectivity index (χ3v) is 4.75. The average molecular weight is 345 g/mol. The summed E-state index contributed by atoms with van der Waals surface area (Å²) in [5.74, 6) is -0.0983. The summed E-state index contributed by atoms with van der Waals surface area (Å²) in [6, 6.07) is 2.12. The zero-order chi connectivity index (χ0) is 18.1. The Morgan fingerprint density at radius 1 is 1.40 bits per heavy atom. The molecule has 1 fully saturated rings. The zero-order valence-corrected chi connectivity index (χ0v) is 15.6. The lowest BCUT2D eigenvalue weighted by molar-refractivity contribution is -0.0778. The topological polar surface area (TPSA) is 72.3 Å². The molecular formula is C18H27N5O2. The summed E-state index contributed by atoms with van der Waals surface area (Å²) in [7, 11) is 1.86. The van der Waals surface area contributed by atoms with Gasteiger partial charge in [-0.1, -0.05) is 0 Å². The predicted octanol–water partition coefficient (Wildman–Crippen LogP) is 1.50. The molecule has 25 heavy (non-hydrogen) atoms. The number of aryl methyl sites for hydroxylation is 2. The maximum atomic E-state index is 12.5. The van der Waals surface area contributed by atoms with Crippen LogP contribution in [0.1, 0.15) is 36.8 Å². The van der Waals surface area contributed by atoms with Crippen LogP contribution in [-0.2, 0) is 11.8 Å². The minimum atomic E-state index is -0.0983. The lowest BCUT2D eigenvalue weighted by Crippen LogP contribution is -2.52. The van der Waals surface area contributed by atoms with Crippen molar-refractivity contribution in [1.82, 2.24) is 25.0 Å². The largest absolute Gasteiger partial charge is 0.373 e. The van der Waals surface area contributed by atoms with Crippen molar-refractivity contribution in [2.24, 2.45) is 7.05 Å². The molecule has 1 aliphatic rings. The molecule has 1 aliphatic heterocycles. The van der Waals surface area contributed by atoms with Crippen molar-refractivity contribution in [2.75, 3.05) is 19.6 Å². The number of fused-ring (bicyclic) bond motifs is 1. The molecule has 136 valence electrons. The van der Waals surface area contributed by atoms with E-state index in [1.54, 1.807) is 10.9 Å². The number of hydrogen-bond acceptors (Lipinski definition) is 5. The summed E-state index contributed by atoms with van der Waals surface area (Å²) in [4.78, 5) is 19.2. The van der Waals surface area contributed by atoms with Crippen molar-refractivity contribution in [3.8, 4) is 0 Å². The highest BCUT2D eigenvalue weighted by molar-refractivity contribution is 5.97. The molecule has 1 N–H and O–H groups in total. The number of carbonyl (C=O) groups is 1. The van der Waals surface area contributed by atoms with E-state index >= 15 is 0 Å². The molecule has 0 bridgehead atoms. The molecule has 0 unspecified atom stereocenters. The van der Waals surface area contributed by atoms with Crippen LogP contribution in [0.4, 0.5) is 0 Å². The van der Waals surface area contributed by atoms with E-state index in [1.165, 1.54) is 0 Å². The predicted molar refractivity (Wildman–Crippen MR) is 96.6 cm³/mol.